The number of fused-ring (bicyclic) bond motifs is 1. The van der Waals surface area contributed by atoms with Gasteiger partial charge in [0.2, 0.25) is 0 Å². The number of piperazine rings is 1. The Morgan fingerprint density at radius 2 is 1.67 bits per heavy atom. The summed E-state index contributed by atoms with van der Waals surface area (Å²) in [4.78, 5) is 21.0. The van der Waals surface area contributed by atoms with Crippen LogP contribution in [-0.2, 0) is 14.0 Å². The van der Waals surface area contributed by atoms with Crippen LogP contribution in [0.1, 0.15) is 48.5 Å². The van der Waals surface area contributed by atoms with Crippen molar-refractivity contribution >= 4 is 47.0 Å². The Kier molecular flexibility index (Phi) is 6.08. The van der Waals surface area contributed by atoms with Gasteiger partial charge in [-0.3, -0.25) is 0 Å². The molecule has 0 atom stereocenters. The third-order valence-electron chi connectivity index (χ3n) is 6.53. The molecule has 3 heterocycles. The van der Waals surface area contributed by atoms with Crippen LogP contribution in [0, 0.1) is 0 Å². The van der Waals surface area contributed by atoms with Gasteiger partial charge in [-0.15, -0.1) is 0 Å². The molecular weight excluding hydrogens is 441 g/mol. The number of ether oxygens (including phenoxy) is 1. The van der Waals surface area contributed by atoms with Gasteiger partial charge in [0.1, 0.15) is 11.4 Å². The van der Waals surface area contributed by atoms with Gasteiger partial charge in [0, 0.05) is 31.6 Å². The van der Waals surface area contributed by atoms with E-state index < -0.39 is 23.9 Å². The van der Waals surface area contributed by atoms with Gasteiger partial charge in [-0.05, 0) is 66.1 Å². The van der Waals surface area contributed by atoms with Crippen molar-refractivity contribution in [2.45, 2.75) is 65.3 Å². The van der Waals surface area contributed by atoms with Crippen LogP contribution >= 0.6 is 11.6 Å². The smallest absolute Gasteiger partial charge is 0.444 e. The normalized spacial score (nSPS) is 20.4. The SMILES string of the molecule is CC(C)(C)OC(=O)N1CCN(c2nc3ccc(B4OC(C)(C)C(C)(C)O4)cc3cc2Cl)CC1. The van der Waals surface area contributed by atoms with E-state index in [9.17, 15) is 4.79 Å². The van der Waals surface area contributed by atoms with Crippen LogP contribution in [0.5, 0.6) is 0 Å². The molecule has 2 fully saturated rings. The molecule has 33 heavy (non-hydrogen) atoms. The number of anilines is 1. The molecule has 0 aliphatic carbocycles. The fourth-order valence-electron chi connectivity index (χ4n) is 3.93. The molecule has 7 nitrogen and oxygen atoms in total. The van der Waals surface area contributed by atoms with Crippen LogP contribution in [0.3, 0.4) is 0 Å². The second-order valence-electron chi connectivity index (χ2n) is 10.8. The minimum absolute atomic E-state index is 0.282. The van der Waals surface area contributed by atoms with E-state index in [-0.39, 0.29) is 6.09 Å². The lowest BCUT2D eigenvalue weighted by molar-refractivity contribution is 0.00578. The van der Waals surface area contributed by atoms with E-state index in [4.69, 9.17) is 30.6 Å². The molecule has 4 rings (SSSR count). The number of carbonyl (C=O) groups is 1. The highest BCUT2D eigenvalue weighted by molar-refractivity contribution is 6.62. The quantitative estimate of drug-likeness (QED) is 0.608. The number of nitrogens with zero attached hydrogens (tertiary/aromatic N) is 3. The molecule has 0 radical (unpaired) electrons. The molecule has 0 saturated carbocycles. The van der Waals surface area contributed by atoms with Crippen molar-refractivity contribution in [3.63, 3.8) is 0 Å². The molecule has 0 bridgehead atoms. The van der Waals surface area contributed by atoms with Crippen LogP contribution in [0.4, 0.5) is 10.6 Å². The van der Waals surface area contributed by atoms with E-state index in [1.807, 2.05) is 72.7 Å². The van der Waals surface area contributed by atoms with E-state index in [1.165, 1.54) is 0 Å². The van der Waals surface area contributed by atoms with Gasteiger partial charge in [-0.1, -0.05) is 23.7 Å². The molecule has 2 aliphatic heterocycles. The van der Waals surface area contributed by atoms with Gasteiger partial charge in [-0.25, -0.2) is 9.78 Å². The first kappa shape index (κ1) is 24.1. The molecule has 9 heteroatoms. The Hall–Kier alpha value is -2.03. The molecule has 2 aromatic rings. The summed E-state index contributed by atoms with van der Waals surface area (Å²) in [6.07, 6.45) is -0.282. The molecule has 178 valence electrons. The summed E-state index contributed by atoms with van der Waals surface area (Å²) in [5, 5.41) is 1.52. The molecule has 2 saturated heterocycles. The summed E-state index contributed by atoms with van der Waals surface area (Å²) >= 11 is 6.65. The van der Waals surface area contributed by atoms with E-state index >= 15 is 0 Å². The first-order valence-electron chi connectivity index (χ1n) is 11.4. The largest absolute Gasteiger partial charge is 0.494 e. The fourth-order valence-corrected chi connectivity index (χ4v) is 4.21. The second-order valence-corrected chi connectivity index (χ2v) is 11.2. The minimum Gasteiger partial charge on any atom is -0.444 e. The monoisotopic (exact) mass is 473 g/mol. The Balaban J connectivity index is 1.49. The maximum atomic E-state index is 12.3. The first-order chi connectivity index (χ1) is 15.3. The lowest BCUT2D eigenvalue weighted by Gasteiger charge is -2.36. The number of halogens is 1. The van der Waals surface area contributed by atoms with Gasteiger partial charge in [0.05, 0.1) is 21.7 Å². The lowest BCUT2D eigenvalue weighted by atomic mass is 9.78. The number of aromatic nitrogens is 1. The van der Waals surface area contributed by atoms with Crippen molar-refractivity contribution in [3.8, 4) is 0 Å². The zero-order valence-corrected chi connectivity index (χ0v) is 21.3. The zero-order valence-electron chi connectivity index (χ0n) is 20.6. The molecular formula is C24H33BClN3O4. The highest BCUT2D eigenvalue weighted by atomic mass is 35.5. The van der Waals surface area contributed by atoms with E-state index in [2.05, 4.69) is 4.90 Å². The molecule has 0 unspecified atom stereocenters. The average Bonchev–Trinajstić information content (AvgIpc) is 2.93. The summed E-state index contributed by atoms with van der Waals surface area (Å²) in [6.45, 7) is 16.2. The maximum absolute atomic E-state index is 12.3. The molecule has 2 aliphatic rings. The van der Waals surface area contributed by atoms with Crippen molar-refractivity contribution < 1.29 is 18.8 Å². The highest BCUT2D eigenvalue weighted by Gasteiger charge is 2.51. The summed E-state index contributed by atoms with van der Waals surface area (Å²) in [7, 11) is -0.432. The van der Waals surface area contributed by atoms with Crippen molar-refractivity contribution in [2.24, 2.45) is 0 Å². The number of rotatable bonds is 2. The zero-order chi connectivity index (χ0) is 24.2. The van der Waals surface area contributed by atoms with Crippen LogP contribution in [0.2, 0.25) is 5.02 Å². The number of hydrogen-bond acceptors (Lipinski definition) is 6. The number of amides is 1. The highest BCUT2D eigenvalue weighted by Crippen LogP contribution is 2.37. The summed E-state index contributed by atoms with van der Waals surface area (Å²) in [5.41, 5.74) is 0.500. The number of hydrogen-bond donors (Lipinski definition) is 0. The van der Waals surface area contributed by atoms with Gasteiger partial charge in [0.25, 0.3) is 0 Å². The van der Waals surface area contributed by atoms with Gasteiger partial charge >= 0.3 is 13.2 Å². The third kappa shape index (κ3) is 4.93. The van der Waals surface area contributed by atoms with Gasteiger partial charge in [0.15, 0.2) is 0 Å². The Bertz CT molecular complexity index is 1050. The van der Waals surface area contributed by atoms with Gasteiger partial charge in [-0.2, -0.15) is 0 Å². The molecule has 1 aromatic heterocycles. The predicted octanol–water partition coefficient (Wildman–Crippen LogP) is 4.24. The average molecular weight is 474 g/mol. The Labute approximate surface area is 201 Å². The van der Waals surface area contributed by atoms with Crippen molar-refractivity contribution in [1.82, 2.24) is 9.88 Å². The van der Waals surface area contributed by atoms with E-state index in [0.29, 0.717) is 31.2 Å². The predicted molar refractivity (Wildman–Crippen MR) is 132 cm³/mol. The van der Waals surface area contributed by atoms with E-state index in [1.54, 1.807) is 4.90 Å². The van der Waals surface area contributed by atoms with Gasteiger partial charge < -0.3 is 23.8 Å². The van der Waals surface area contributed by atoms with Crippen molar-refractivity contribution in [1.29, 1.82) is 0 Å². The number of benzene rings is 1. The molecule has 0 N–H and O–H groups in total. The van der Waals surface area contributed by atoms with Crippen LogP contribution in [-0.4, -0.2) is 66.1 Å². The molecule has 1 aromatic carbocycles. The number of carbonyl (C=O) groups excluding carboxylic acids is 1. The van der Waals surface area contributed by atoms with Crippen LogP contribution < -0.4 is 10.4 Å². The van der Waals surface area contributed by atoms with E-state index in [0.717, 1.165) is 22.2 Å². The first-order valence-corrected chi connectivity index (χ1v) is 11.8. The molecule has 1 amide bonds. The second kappa shape index (κ2) is 8.33. The maximum Gasteiger partial charge on any atom is 0.494 e. The third-order valence-corrected chi connectivity index (χ3v) is 6.81. The lowest BCUT2D eigenvalue weighted by Crippen LogP contribution is -2.50. The molecule has 0 spiro atoms. The summed E-state index contributed by atoms with van der Waals surface area (Å²) < 4.78 is 17.8. The topological polar surface area (TPSA) is 64.1 Å². The number of pyridine rings is 1. The van der Waals surface area contributed by atoms with Crippen molar-refractivity contribution in [2.75, 3.05) is 31.1 Å². The minimum atomic E-state index is -0.504. The summed E-state index contributed by atoms with van der Waals surface area (Å²) in [5.74, 6) is 0.733. The standard InChI is InChI=1S/C24H33BClN3O4/c1-22(2,3)31-21(30)29-12-10-28(11-13-29)20-18(26)15-16-14-17(8-9-19(16)27-20)25-32-23(4,5)24(6,7)33-25/h8-9,14-15H,10-13H2,1-7H3. The van der Waals surface area contributed by atoms with Crippen molar-refractivity contribution in [3.05, 3.63) is 29.3 Å². The van der Waals surface area contributed by atoms with Crippen LogP contribution in [0.25, 0.3) is 10.9 Å². The summed E-state index contributed by atoms with van der Waals surface area (Å²) in [6, 6.07) is 7.94. The Morgan fingerprint density at radius 3 is 2.24 bits per heavy atom. The van der Waals surface area contributed by atoms with Crippen LogP contribution in [0.15, 0.2) is 24.3 Å². The fraction of sp³-hybridized carbons (Fsp3) is 0.583. The Morgan fingerprint density at radius 1 is 1.06 bits per heavy atom.